The molecular formula is C24H30N2. The van der Waals surface area contributed by atoms with Crippen LogP contribution in [0.4, 0.5) is 0 Å². The monoisotopic (exact) mass is 346 g/mol. The molecule has 1 aromatic heterocycles. The zero-order chi connectivity index (χ0) is 19.0. The predicted molar refractivity (Wildman–Crippen MR) is 113 cm³/mol. The largest absolute Gasteiger partial charge is 0.233 e. The Labute approximate surface area is 157 Å². The number of hydrogen-bond donors (Lipinski definition) is 0. The van der Waals surface area contributed by atoms with E-state index in [0.717, 1.165) is 29.3 Å². The van der Waals surface area contributed by atoms with Crippen molar-refractivity contribution in [1.29, 1.82) is 0 Å². The van der Waals surface area contributed by atoms with Crippen molar-refractivity contribution >= 4 is 16.5 Å². The Bertz CT molecular complexity index is 974. The Kier molecular flexibility index (Phi) is 5.04. The van der Waals surface area contributed by atoms with Gasteiger partial charge >= 0.3 is 0 Å². The van der Waals surface area contributed by atoms with Gasteiger partial charge in [-0.3, -0.25) is 0 Å². The highest BCUT2D eigenvalue weighted by atomic mass is 15.3. The fourth-order valence-electron chi connectivity index (χ4n) is 3.60. The molecular weight excluding hydrogens is 316 g/mol. The van der Waals surface area contributed by atoms with E-state index in [1.807, 2.05) is 0 Å². The van der Waals surface area contributed by atoms with Crippen LogP contribution in [0.1, 0.15) is 55.1 Å². The van der Waals surface area contributed by atoms with Gasteiger partial charge in [0, 0.05) is 5.39 Å². The van der Waals surface area contributed by atoms with Gasteiger partial charge in [0.05, 0.1) is 16.9 Å². The highest BCUT2D eigenvalue weighted by molar-refractivity contribution is 5.84. The summed E-state index contributed by atoms with van der Waals surface area (Å²) in [4.78, 5) is 0. The van der Waals surface area contributed by atoms with Crippen molar-refractivity contribution in [1.82, 2.24) is 9.78 Å². The molecule has 136 valence electrons. The summed E-state index contributed by atoms with van der Waals surface area (Å²) in [6.07, 6.45) is 2.35. The van der Waals surface area contributed by atoms with E-state index in [0.29, 0.717) is 0 Å². The maximum atomic E-state index is 4.87. The fraction of sp³-hybridized carbons (Fsp3) is 0.375. The van der Waals surface area contributed by atoms with Gasteiger partial charge in [-0.1, -0.05) is 32.1 Å². The highest BCUT2D eigenvalue weighted by Crippen LogP contribution is 2.28. The standard InChI is InChI=1S/C24H30N2/c1-15(2)8-9-20-10-11-23-22(14-20)19(7)25-26(23)24-13-17(5)21(16(3)4)12-18(24)6/h10-15H,3,8-9H2,1-2,4-7H3. The first kappa shape index (κ1) is 18.4. The summed E-state index contributed by atoms with van der Waals surface area (Å²) in [7, 11) is 0. The third kappa shape index (κ3) is 3.46. The topological polar surface area (TPSA) is 17.8 Å². The lowest BCUT2D eigenvalue weighted by Crippen LogP contribution is -2.02. The second-order valence-electron chi connectivity index (χ2n) is 8.02. The van der Waals surface area contributed by atoms with E-state index in [-0.39, 0.29) is 0 Å². The molecule has 0 N–H and O–H groups in total. The quantitative estimate of drug-likeness (QED) is 0.510. The molecule has 2 nitrogen and oxygen atoms in total. The smallest absolute Gasteiger partial charge is 0.0744 e. The molecule has 2 heteroatoms. The number of aromatic nitrogens is 2. The van der Waals surface area contributed by atoms with Gasteiger partial charge in [-0.05, 0) is 93.0 Å². The molecule has 26 heavy (non-hydrogen) atoms. The van der Waals surface area contributed by atoms with Gasteiger partial charge in [-0.25, -0.2) is 4.68 Å². The number of fused-ring (bicyclic) bond motifs is 1. The summed E-state index contributed by atoms with van der Waals surface area (Å²) in [6, 6.07) is 11.3. The number of allylic oxidation sites excluding steroid dienone is 1. The van der Waals surface area contributed by atoms with E-state index in [4.69, 9.17) is 5.10 Å². The molecule has 0 aliphatic carbocycles. The Morgan fingerprint density at radius 2 is 1.81 bits per heavy atom. The summed E-state index contributed by atoms with van der Waals surface area (Å²) in [5, 5.41) is 6.12. The summed E-state index contributed by atoms with van der Waals surface area (Å²) in [5.74, 6) is 0.729. The molecule has 0 fully saturated rings. The summed E-state index contributed by atoms with van der Waals surface area (Å²) in [5.41, 5.74) is 9.63. The van der Waals surface area contributed by atoms with Crippen molar-refractivity contribution in [2.75, 3.05) is 0 Å². The number of benzene rings is 2. The molecule has 0 bridgehead atoms. The van der Waals surface area contributed by atoms with Crippen LogP contribution in [-0.4, -0.2) is 9.78 Å². The second kappa shape index (κ2) is 7.11. The van der Waals surface area contributed by atoms with Crippen LogP contribution < -0.4 is 0 Å². The van der Waals surface area contributed by atoms with Crippen LogP contribution in [0.3, 0.4) is 0 Å². The van der Waals surface area contributed by atoms with Gasteiger partial charge < -0.3 is 0 Å². The van der Waals surface area contributed by atoms with Crippen molar-refractivity contribution in [3.63, 3.8) is 0 Å². The molecule has 0 atom stereocenters. The fourth-order valence-corrected chi connectivity index (χ4v) is 3.60. The van der Waals surface area contributed by atoms with Gasteiger partial charge in [0.15, 0.2) is 0 Å². The van der Waals surface area contributed by atoms with Crippen molar-refractivity contribution in [3.05, 3.63) is 64.9 Å². The molecule has 0 unspecified atom stereocenters. The Hall–Kier alpha value is -2.35. The first-order chi connectivity index (χ1) is 12.3. The summed E-state index contributed by atoms with van der Waals surface area (Å²) >= 11 is 0. The maximum Gasteiger partial charge on any atom is 0.0744 e. The molecule has 0 spiro atoms. The third-order valence-corrected chi connectivity index (χ3v) is 5.17. The molecule has 0 amide bonds. The average Bonchev–Trinajstić information content (AvgIpc) is 2.90. The van der Waals surface area contributed by atoms with Crippen molar-refractivity contribution < 1.29 is 0 Å². The Morgan fingerprint density at radius 1 is 1.08 bits per heavy atom. The van der Waals surface area contributed by atoms with Crippen LogP contribution in [0.5, 0.6) is 0 Å². The van der Waals surface area contributed by atoms with E-state index in [9.17, 15) is 0 Å². The van der Waals surface area contributed by atoms with Crippen LogP contribution in [-0.2, 0) is 6.42 Å². The minimum Gasteiger partial charge on any atom is -0.233 e. The number of rotatable bonds is 5. The lowest BCUT2D eigenvalue weighted by molar-refractivity contribution is 0.587. The molecule has 3 rings (SSSR count). The lowest BCUT2D eigenvalue weighted by Gasteiger charge is -2.13. The minimum absolute atomic E-state index is 0.729. The van der Waals surface area contributed by atoms with E-state index in [1.165, 1.54) is 39.6 Å². The molecule has 2 aromatic carbocycles. The second-order valence-corrected chi connectivity index (χ2v) is 8.02. The van der Waals surface area contributed by atoms with Crippen LogP contribution in [0.25, 0.3) is 22.2 Å². The van der Waals surface area contributed by atoms with Crippen molar-refractivity contribution in [2.24, 2.45) is 5.92 Å². The summed E-state index contributed by atoms with van der Waals surface area (Å²) in [6.45, 7) is 17.1. The Balaban J connectivity index is 2.09. The first-order valence-electron chi connectivity index (χ1n) is 9.53. The zero-order valence-electron chi connectivity index (χ0n) is 17.0. The van der Waals surface area contributed by atoms with Crippen LogP contribution in [0.2, 0.25) is 0 Å². The van der Waals surface area contributed by atoms with Crippen molar-refractivity contribution in [3.8, 4) is 5.69 Å². The first-order valence-corrected chi connectivity index (χ1v) is 9.53. The average molecular weight is 347 g/mol. The van der Waals surface area contributed by atoms with E-state index < -0.39 is 0 Å². The van der Waals surface area contributed by atoms with Gasteiger partial charge in [0.2, 0.25) is 0 Å². The minimum atomic E-state index is 0.729. The molecule has 0 radical (unpaired) electrons. The van der Waals surface area contributed by atoms with E-state index in [2.05, 4.69) is 83.1 Å². The van der Waals surface area contributed by atoms with Gasteiger partial charge in [0.25, 0.3) is 0 Å². The molecule has 3 aromatic rings. The zero-order valence-corrected chi connectivity index (χ0v) is 17.0. The number of hydrogen-bond acceptors (Lipinski definition) is 1. The third-order valence-electron chi connectivity index (χ3n) is 5.17. The van der Waals surface area contributed by atoms with Crippen molar-refractivity contribution in [2.45, 2.75) is 54.4 Å². The Morgan fingerprint density at radius 3 is 2.46 bits per heavy atom. The number of aryl methyl sites for hydroxylation is 4. The molecule has 0 aliphatic rings. The molecule has 1 heterocycles. The predicted octanol–water partition coefficient (Wildman–Crippen LogP) is 6.57. The molecule has 0 saturated carbocycles. The highest BCUT2D eigenvalue weighted by Gasteiger charge is 2.13. The SMILES string of the molecule is C=C(C)c1cc(C)c(-n2nc(C)c3cc(CCC(C)C)ccc32)cc1C. The summed E-state index contributed by atoms with van der Waals surface area (Å²) < 4.78 is 2.10. The number of nitrogens with zero attached hydrogens (tertiary/aromatic N) is 2. The van der Waals surface area contributed by atoms with Crippen LogP contribution in [0.15, 0.2) is 36.9 Å². The van der Waals surface area contributed by atoms with E-state index in [1.54, 1.807) is 0 Å². The normalized spacial score (nSPS) is 11.5. The molecule has 0 aliphatic heterocycles. The maximum absolute atomic E-state index is 4.87. The van der Waals surface area contributed by atoms with Gasteiger partial charge in [-0.2, -0.15) is 5.10 Å². The van der Waals surface area contributed by atoms with Crippen LogP contribution >= 0.6 is 0 Å². The van der Waals surface area contributed by atoms with Gasteiger partial charge in [-0.15, -0.1) is 0 Å². The molecule has 0 saturated heterocycles. The lowest BCUT2D eigenvalue weighted by atomic mass is 9.99. The van der Waals surface area contributed by atoms with Gasteiger partial charge in [0.1, 0.15) is 0 Å². The van der Waals surface area contributed by atoms with E-state index >= 15 is 0 Å². The van der Waals surface area contributed by atoms with Crippen LogP contribution in [0, 0.1) is 26.7 Å².